The van der Waals surface area contributed by atoms with E-state index in [1.807, 2.05) is 6.92 Å². The summed E-state index contributed by atoms with van der Waals surface area (Å²) in [4.78, 5) is 11.3. The molecule has 1 aliphatic heterocycles. The maximum absolute atomic E-state index is 11.3. The molecule has 1 saturated heterocycles. The molecule has 2 nitrogen and oxygen atoms in total. The minimum atomic E-state index is 0.153. The standard InChI is InChI=1S/C8H13NOS/c1-2-3-7(10)8-6-9-4-5-11-8/h2-3,8-9H,4-6H2,1H3/b3-2+. The molecule has 0 aromatic carbocycles. The van der Waals surface area contributed by atoms with Crippen LogP contribution in [0.1, 0.15) is 6.92 Å². The van der Waals surface area contributed by atoms with Crippen molar-refractivity contribution in [3.05, 3.63) is 12.2 Å². The first-order valence-corrected chi connectivity index (χ1v) is 4.88. The van der Waals surface area contributed by atoms with Crippen molar-refractivity contribution in [3.63, 3.8) is 0 Å². The number of nitrogens with one attached hydrogen (secondary N) is 1. The fraction of sp³-hybridized carbons (Fsp3) is 0.625. The van der Waals surface area contributed by atoms with Gasteiger partial charge in [-0.05, 0) is 13.0 Å². The molecular weight excluding hydrogens is 158 g/mol. The molecule has 1 unspecified atom stereocenters. The molecule has 0 aromatic heterocycles. The third-order valence-electron chi connectivity index (χ3n) is 1.58. The minimum Gasteiger partial charge on any atom is -0.314 e. The Labute approximate surface area is 71.4 Å². The summed E-state index contributed by atoms with van der Waals surface area (Å²) in [6, 6.07) is 0. The van der Waals surface area contributed by atoms with Crippen LogP contribution in [0.5, 0.6) is 0 Å². The number of hydrogen-bond acceptors (Lipinski definition) is 3. The van der Waals surface area contributed by atoms with Crippen LogP contribution in [0.15, 0.2) is 12.2 Å². The van der Waals surface area contributed by atoms with E-state index in [2.05, 4.69) is 5.32 Å². The van der Waals surface area contributed by atoms with Crippen molar-refractivity contribution in [2.45, 2.75) is 12.2 Å². The number of carbonyl (C=O) groups excluding carboxylic acids is 1. The molecule has 1 atom stereocenters. The lowest BCUT2D eigenvalue weighted by atomic mass is 10.2. The highest BCUT2D eigenvalue weighted by atomic mass is 32.2. The zero-order valence-corrected chi connectivity index (χ0v) is 7.49. The summed E-state index contributed by atoms with van der Waals surface area (Å²) in [5, 5.41) is 3.35. The molecule has 0 saturated carbocycles. The normalized spacial score (nSPS) is 25.7. The van der Waals surface area contributed by atoms with Crippen molar-refractivity contribution in [1.82, 2.24) is 5.32 Å². The molecule has 0 amide bonds. The number of hydrogen-bond donors (Lipinski definition) is 1. The predicted octanol–water partition coefficient (Wildman–Crippen LogP) is 0.837. The van der Waals surface area contributed by atoms with E-state index < -0.39 is 0 Å². The molecule has 3 heteroatoms. The van der Waals surface area contributed by atoms with Gasteiger partial charge in [-0.1, -0.05) is 6.08 Å². The molecule has 62 valence electrons. The van der Waals surface area contributed by atoms with E-state index >= 15 is 0 Å². The van der Waals surface area contributed by atoms with Crippen LogP contribution in [0, 0.1) is 0 Å². The first kappa shape index (κ1) is 8.81. The third-order valence-corrected chi connectivity index (χ3v) is 2.82. The smallest absolute Gasteiger partial charge is 0.169 e. The molecule has 1 aliphatic rings. The van der Waals surface area contributed by atoms with Gasteiger partial charge in [-0.25, -0.2) is 0 Å². The van der Waals surface area contributed by atoms with E-state index in [-0.39, 0.29) is 11.0 Å². The number of rotatable bonds is 2. The van der Waals surface area contributed by atoms with E-state index in [4.69, 9.17) is 0 Å². The molecule has 1 N–H and O–H groups in total. The predicted molar refractivity (Wildman–Crippen MR) is 48.9 cm³/mol. The first-order chi connectivity index (χ1) is 5.34. The van der Waals surface area contributed by atoms with Crippen molar-refractivity contribution in [1.29, 1.82) is 0 Å². The molecule has 11 heavy (non-hydrogen) atoms. The summed E-state index contributed by atoms with van der Waals surface area (Å²) < 4.78 is 0. The topological polar surface area (TPSA) is 29.1 Å². The highest BCUT2D eigenvalue weighted by Gasteiger charge is 2.18. The summed E-state index contributed by atoms with van der Waals surface area (Å²) in [5.74, 6) is 1.29. The number of carbonyl (C=O) groups is 1. The average molecular weight is 171 g/mol. The average Bonchev–Trinajstić information content (AvgIpc) is 2.07. The van der Waals surface area contributed by atoms with Crippen LogP contribution in [0.3, 0.4) is 0 Å². The quantitative estimate of drug-likeness (QED) is 0.624. The Kier molecular flexibility index (Phi) is 3.66. The second-order valence-corrected chi connectivity index (χ2v) is 3.78. The van der Waals surface area contributed by atoms with Crippen LogP contribution < -0.4 is 5.32 Å². The van der Waals surface area contributed by atoms with E-state index in [1.165, 1.54) is 0 Å². The molecule has 1 fully saturated rings. The minimum absolute atomic E-state index is 0.153. The summed E-state index contributed by atoms with van der Waals surface area (Å²) in [6.45, 7) is 3.73. The van der Waals surface area contributed by atoms with Gasteiger partial charge in [0.25, 0.3) is 0 Å². The number of ketones is 1. The van der Waals surface area contributed by atoms with Crippen LogP contribution >= 0.6 is 11.8 Å². The van der Waals surface area contributed by atoms with Gasteiger partial charge < -0.3 is 5.32 Å². The van der Waals surface area contributed by atoms with E-state index in [0.717, 1.165) is 18.8 Å². The maximum atomic E-state index is 11.3. The molecule has 0 radical (unpaired) electrons. The summed E-state index contributed by atoms with van der Waals surface area (Å²) in [6.07, 6.45) is 3.46. The van der Waals surface area contributed by atoms with Gasteiger partial charge in [-0.15, -0.1) is 11.8 Å². The van der Waals surface area contributed by atoms with Crippen molar-refractivity contribution in [2.75, 3.05) is 18.8 Å². The van der Waals surface area contributed by atoms with Gasteiger partial charge in [0.15, 0.2) is 5.78 Å². The van der Waals surface area contributed by atoms with Crippen molar-refractivity contribution >= 4 is 17.5 Å². The van der Waals surface area contributed by atoms with Gasteiger partial charge in [0.1, 0.15) is 0 Å². The second-order valence-electron chi connectivity index (χ2n) is 2.47. The van der Waals surface area contributed by atoms with Crippen molar-refractivity contribution in [2.24, 2.45) is 0 Å². The Morgan fingerprint density at radius 2 is 2.55 bits per heavy atom. The van der Waals surface area contributed by atoms with Gasteiger partial charge in [0.2, 0.25) is 0 Å². The SMILES string of the molecule is C/C=C/C(=O)C1CNCCS1. The number of thioether (sulfide) groups is 1. The zero-order chi connectivity index (χ0) is 8.10. The van der Waals surface area contributed by atoms with Crippen LogP contribution in [0.2, 0.25) is 0 Å². The Morgan fingerprint density at radius 1 is 1.73 bits per heavy atom. The highest BCUT2D eigenvalue weighted by Crippen LogP contribution is 2.14. The molecule has 0 bridgehead atoms. The molecule has 1 heterocycles. The molecule has 0 spiro atoms. The third kappa shape index (κ3) is 2.67. The summed E-state index contributed by atoms with van der Waals surface area (Å²) >= 11 is 1.75. The first-order valence-electron chi connectivity index (χ1n) is 3.83. The Balaban J connectivity index is 2.38. The van der Waals surface area contributed by atoms with Gasteiger partial charge in [-0.3, -0.25) is 4.79 Å². The molecule has 1 rings (SSSR count). The van der Waals surface area contributed by atoms with E-state index in [9.17, 15) is 4.79 Å². The van der Waals surface area contributed by atoms with E-state index in [0.29, 0.717) is 0 Å². The fourth-order valence-corrected chi connectivity index (χ4v) is 2.04. The van der Waals surface area contributed by atoms with Crippen LogP contribution in [0.4, 0.5) is 0 Å². The summed E-state index contributed by atoms with van der Waals surface area (Å²) in [5.41, 5.74) is 0. The summed E-state index contributed by atoms with van der Waals surface area (Å²) in [7, 11) is 0. The largest absolute Gasteiger partial charge is 0.314 e. The zero-order valence-electron chi connectivity index (χ0n) is 6.67. The Hall–Kier alpha value is -0.280. The lowest BCUT2D eigenvalue weighted by Gasteiger charge is -2.19. The Bertz CT molecular complexity index is 161. The fourth-order valence-electron chi connectivity index (χ4n) is 1.02. The monoisotopic (exact) mass is 171 g/mol. The molecular formula is C8H13NOS. The van der Waals surface area contributed by atoms with Gasteiger partial charge in [-0.2, -0.15) is 0 Å². The van der Waals surface area contributed by atoms with Crippen LogP contribution in [0.25, 0.3) is 0 Å². The Morgan fingerprint density at radius 3 is 3.09 bits per heavy atom. The number of allylic oxidation sites excluding steroid dienone is 2. The lowest BCUT2D eigenvalue weighted by Crippen LogP contribution is -2.36. The van der Waals surface area contributed by atoms with Crippen LogP contribution in [-0.2, 0) is 4.79 Å². The van der Waals surface area contributed by atoms with E-state index in [1.54, 1.807) is 23.9 Å². The maximum Gasteiger partial charge on any atom is 0.169 e. The molecule has 0 aliphatic carbocycles. The lowest BCUT2D eigenvalue weighted by molar-refractivity contribution is -0.114. The molecule has 0 aromatic rings. The van der Waals surface area contributed by atoms with Crippen molar-refractivity contribution in [3.8, 4) is 0 Å². The van der Waals surface area contributed by atoms with Gasteiger partial charge in [0.05, 0.1) is 5.25 Å². The van der Waals surface area contributed by atoms with Gasteiger partial charge >= 0.3 is 0 Å². The van der Waals surface area contributed by atoms with Crippen LogP contribution in [-0.4, -0.2) is 29.9 Å². The highest BCUT2D eigenvalue weighted by molar-refractivity contribution is 8.00. The van der Waals surface area contributed by atoms with Gasteiger partial charge in [0, 0.05) is 18.8 Å². The second kappa shape index (κ2) is 4.57. The van der Waals surface area contributed by atoms with Crippen molar-refractivity contribution < 1.29 is 4.79 Å².